The van der Waals surface area contributed by atoms with Crippen molar-refractivity contribution in [2.24, 2.45) is 0 Å². The highest BCUT2D eigenvalue weighted by molar-refractivity contribution is 6.27. The van der Waals surface area contributed by atoms with Gasteiger partial charge in [0.1, 0.15) is 6.33 Å². The normalized spacial score (nSPS) is 9.55. The summed E-state index contributed by atoms with van der Waals surface area (Å²) < 4.78 is 0. The molecule has 0 unspecified atom stereocenters. The van der Waals surface area contributed by atoms with Gasteiger partial charge < -0.3 is 0 Å². The standard InChI is InChI=1S/C7H7ClN2O/c8-4-7(11)3-6-1-2-9-5-10-6/h1-2,5H,3-4H2. The Hall–Kier alpha value is -0.960. The number of rotatable bonds is 3. The van der Waals surface area contributed by atoms with Gasteiger partial charge in [-0.25, -0.2) is 9.97 Å². The minimum Gasteiger partial charge on any atom is -0.298 e. The van der Waals surface area contributed by atoms with E-state index in [0.717, 1.165) is 0 Å². The molecule has 0 atom stereocenters. The molecule has 0 aliphatic heterocycles. The Kier molecular flexibility index (Phi) is 2.98. The molecule has 0 saturated heterocycles. The van der Waals surface area contributed by atoms with Crippen LogP contribution in [0.3, 0.4) is 0 Å². The van der Waals surface area contributed by atoms with Crippen LogP contribution >= 0.6 is 11.6 Å². The van der Waals surface area contributed by atoms with E-state index in [2.05, 4.69) is 9.97 Å². The lowest BCUT2D eigenvalue weighted by molar-refractivity contribution is -0.116. The van der Waals surface area contributed by atoms with Crippen molar-refractivity contribution in [2.75, 3.05) is 5.88 Å². The van der Waals surface area contributed by atoms with Crippen LogP contribution in [0.4, 0.5) is 0 Å². The number of aromatic nitrogens is 2. The van der Waals surface area contributed by atoms with E-state index in [9.17, 15) is 4.79 Å². The van der Waals surface area contributed by atoms with Crippen LogP contribution in [0, 0.1) is 0 Å². The maximum Gasteiger partial charge on any atom is 0.153 e. The molecule has 11 heavy (non-hydrogen) atoms. The van der Waals surface area contributed by atoms with Gasteiger partial charge in [0.15, 0.2) is 5.78 Å². The molecule has 0 fully saturated rings. The first-order valence-electron chi connectivity index (χ1n) is 3.15. The predicted octanol–water partition coefficient (Wildman–Crippen LogP) is 0.827. The number of hydrogen-bond donors (Lipinski definition) is 0. The molecule has 0 spiro atoms. The number of alkyl halides is 1. The number of carbonyl (C=O) groups excluding carboxylic acids is 1. The molecule has 1 heterocycles. The van der Waals surface area contributed by atoms with E-state index < -0.39 is 0 Å². The van der Waals surface area contributed by atoms with Crippen molar-refractivity contribution >= 4 is 17.4 Å². The second-order valence-electron chi connectivity index (χ2n) is 2.05. The smallest absolute Gasteiger partial charge is 0.153 e. The van der Waals surface area contributed by atoms with Gasteiger partial charge in [-0.2, -0.15) is 0 Å². The van der Waals surface area contributed by atoms with Gasteiger partial charge in [-0.1, -0.05) is 0 Å². The minimum atomic E-state index is -0.0228. The van der Waals surface area contributed by atoms with Crippen molar-refractivity contribution in [2.45, 2.75) is 6.42 Å². The third-order valence-electron chi connectivity index (χ3n) is 1.17. The average molecular weight is 171 g/mol. The Labute approximate surface area is 69.4 Å². The van der Waals surface area contributed by atoms with E-state index in [-0.39, 0.29) is 11.7 Å². The van der Waals surface area contributed by atoms with Crippen LogP contribution in [-0.2, 0) is 11.2 Å². The average Bonchev–Trinajstić information content (AvgIpc) is 2.06. The Morgan fingerprint density at radius 1 is 1.64 bits per heavy atom. The molecule has 1 rings (SSSR count). The monoisotopic (exact) mass is 170 g/mol. The summed E-state index contributed by atoms with van der Waals surface area (Å²) >= 11 is 5.31. The maximum absolute atomic E-state index is 10.8. The van der Waals surface area contributed by atoms with Crippen LogP contribution < -0.4 is 0 Å². The van der Waals surface area contributed by atoms with E-state index in [0.29, 0.717) is 12.1 Å². The van der Waals surface area contributed by atoms with Gasteiger partial charge in [0.05, 0.1) is 18.0 Å². The lowest BCUT2D eigenvalue weighted by atomic mass is 10.2. The van der Waals surface area contributed by atoms with Gasteiger partial charge in [-0.05, 0) is 6.07 Å². The molecule has 58 valence electrons. The summed E-state index contributed by atoms with van der Waals surface area (Å²) in [5.41, 5.74) is 0.714. The van der Waals surface area contributed by atoms with Crippen molar-refractivity contribution in [1.82, 2.24) is 9.97 Å². The van der Waals surface area contributed by atoms with Crippen LogP contribution in [0.5, 0.6) is 0 Å². The summed E-state index contributed by atoms with van der Waals surface area (Å²) in [6.07, 6.45) is 3.31. The van der Waals surface area contributed by atoms with E-state index in [1.54, 1.807) is 12.3 Å². The number of hydrogen-bond acceptors (Lipinski definition) is 3. The number of carbonyl (C=O) groups is 1. The number of halogens is 1. The molecule has 0 amide bonds. The van der Waals surface area contributed by atoms with Crippen molar-refractivity contribution < 1.29 is 4.79 Å². The van der Waals surface area contributed by atoms with Gasteiger partial charge in [-0.3, -0.25) is 4.79 Å². The van der Waals surface area contributed by atoms with Crippen molar-refractivity contribution in [3.05, 3.63) is 24.3 Å². The highest BCUT2D eigenvalue weighted by Gasteiger charge is 2.01. The molecule has 0 saturated carbocycles. The van der Waals surface area contributed by atoms with Crippen LogP contribution in [-0.4, -0.2) is 21.6 Å². The molecular formula is C7H7ClN2O. The van der Waals surface area contributed by atoms with Gasteiger partial charge in [0, 0.05) is 6.20 Å². The van der Waals surface area contributed by atoms with Gasteiger partial charge in [0.2, 0.25) is 0 Å². The summed E-state index contributed by atoms with van der Waals surface area (Å²) in [7, 11) is 0. The molecule has 0 radical (unpaired) electrons. The minimum absolute atomic E-state index is 0.0228. The molecule has 4 heteroatoms. The second kappa shape index (κ2) is 4.03. The zero-order chi connectivity index (χ0) is 8.10. The Morgan fingerprint density at radius 3 is 3.00 bits per heavy atom. The molecule has 0 bridgehead atoms. The van der Waals surface area contributed by atoms with E-state index in [1.165, 1.54) is 6.33 Å². The molecule has 3 nitrogen and oxygen atoms in total. The molecule has 0 N–H and O–H groups in total. The van der Waals surface area contributed by atoms with Crippen molar-refractivity contribution in [3.8, 4) is 0 Å². The summed E-state index contributed by atoms with van der Waals surface area (Å²) in [5, 5.41) is 0. The van der Waals surface area contributed by atoms with Crippen LogP contribution in [0.15, 0.2) is 18.6 Å². The Balaban J connectivity index is 2.58. The quantitative estimate of drug-likeness (QED) is 0.631. The fourth-order valence-corrected chi connectivity index (χ4v) is 0.766. The van der Waals surface area contributed by atoms with Crippen LogP contribution in [0.1, 0.15) is 5.69 Å². The summed E-state index contributed by atoms with van der Waals surface area (Å²) in [5.74, 6) is 0.0228. The second-order valence-corrected chi connectivity index (χ2v) is 2.32. The highest BCUT2D eigenvalue weighted by Crippen LogP contribution is 1.94. The molecule has 0 aliphatic carbocycles. The van der Waals surface area contributed by atoms with Crippen molar-refractivity contribution in [3.63, 3.8) is 0 Å². The first-order chi connectivity index (χ1) is 5.33. The molecule has 1 aromatic heterocycles. The number of ketones is 1. The SMILES string of the molecule is O=C(CCl)Cc1ccncn1. The highest BCUT2D eigenvalue weighted by atomic mass is 35.5. The number of Topliss-reactive ketones (excluding diaryl/α,β-unsaturated/α-hetero) is 1. The Morgan fingerprint density at radius 2 is 2.45 bits per heavy atom. The van der Waals surface area contributed by atoms with E-state index in [4.69, 9.17) is 11.6 Å². The molecule has 1 aromatic rings. The third kappa shape index (κ3) is 2.63. The van der Waals surface area contributed by atoms with Crippen LogP contribution in [0.2, 0.25) is 0 Å². The zero-order valence-corrected chi connectivity index (χ0v) is 6.58. The van der Waals surface area contributed by atoms with Gasteiger partial charge >= 0.3 is 0 Å². The molecule has 0 aromatic carbocycles. The fraction of sp³-hybridized carbons (Fsp3) is 0.286. The van der Waals surface area contributed by atoms with E-state index in [1.807, 2.05) is 0 Å². The van der Waals surface area contributed by atoms with Crippen LogP contribution in [0.25, 0.3) is 0 Å². The van der Waals surface area contributed by atoms with Gasteiger partial charge in [0.25, 0.3) is 0 Å². The predicted molar refractivity (Wildman–Crippen MR) is 41.5 cm³/mol. The Bertz CT molecular complexity index is 237. The van der Waals surface area contributed by atoms with Gasteiger partial charge in [-0.15, -0.1) is 11.6 Å². The largest absolute Gasteiger partial charge is 0.298 e. The summed E-state index contributed by atoms with van der Waals surface area (Å²) in [6.45, 7) is 0. The van der Waals surface area contributed by atoms with E-state index >= 15 is 0 Å². The topological polar surface area (TPSA) is 42.9 Å². The summed E-state index contributed by atoms with van der Waals surface area (Å²) in [4.78, 5) is 18.4. The molecule has 0 aliphatic rings. The zero-order valence-electron chi connectivity index (χ0n) is 5.83. The summed E-state index contributed by atoms with van der Waals surface area (Å²) in [6, 6.07) is 1.70. The first kappa shape index (κ1) is 8.14. The molecular weight excluding hydrogens is 164 g/mol. The lowest BCUT2D eigenvalue weighted by Crippen LogP contribution is -2.05. The lowest BCUT2D eigenvalue weighted by Gasteiger charge is -1.94. The maximum atomic E-state index is 10.8. The third-order valence-corrected chi connectivity index (χ3v) is 1.47. The number of nitrogens with zero attached hydrogens (tertiary/aromatic N) is 2. The first-order valence-corrected chi connectivity index (χ1v) is 3.69. The van der Waals surface area contributed by atoms with Crippen molar-refractivity contribution in [1.29, 1.82) is 0 Å². The fourth-order valence-electron chi connectivity index (χ4n) is 0.672.